The summed E-state index contributed by atoms with van der Waals surface area (Å²) in [5, 5.41) is 0. The maximum Gasteiger partial charge on any atom is 0.119 e. The number of hydrogen-bond donors (Lipinski definition) is 1. The molecule has 2 heteroatoms. The van der Waals surface area contributed by atoms with Gasteiger partial charge in [0.1, 0.15) is 5.75 Å². The molecule has 0 aliphatic heterocycles. The van der Waals surface area contributed by atoms with E-state index < -0.39 is 0 Å². The van der Waals surface area contributed by atoms with Gasteiger partial charge in [-0.3, -0.25) is 0 Å². The summed E-state index contributed by atoms with van der Waals surface area (Å²) in [6.07, 6.45) is 4.97. The molecule has 1 aliphatic rings. The van der Waals surface area contributed by atoms with Crippen LogP contribution in [-0.4, -0.2) is 6.61 Å². The average molecular weight is 219 g/mol. The van der Waals surface area contributed by atoms with Gasteiger partial charge in [0.05, 0.1) is 6.61 Å². The van der Waals surface area contributed by atoms with Crippen molar-refractivity contribution < 1.29 is 4.74 Å². The molecule has 2 N–H and O–H groups in total. The van der Waals surface area contributed by atoms with E-state index >= 15 is 0 Å². The van der Waals surface area contributed by atoms with Gasteiger partial charge in [0, 0.05) is 6.04 Å². The Balaban J connectivity index is 1.80. The van der Waals surface area contributed by atoms with Crippen molar-refractivity contribution in [2.75, 3.05) is 6.61 Å². The highest BCUT2D eigenvalue weighted by Gasteiger charge is 2.20. The lowest BCUT2D eigenvalue weighted by Gasteiger charge is -2.10. The molecule has 0 saturated heterocycles. The zero-order valence-electron chi connectivity index (χ0n) is 9.99. The molecule has 0 heterocycles. The summed E-state index contributed by atoms with van der Waals surface area (Å²) in [6, 6.07) is 8.34. The fraction of sp³-hybridized carbons (Fsp3) is 0.571. The molecule has 16 heavy (non-hydrogen) atoms. The molecule has 1 aliphatic carbocycles. The minimum absolute atomic E-state index is 0.153. The average Bonchev–Trinajstić information content (AvgIpc) is 3.13. The Morgan fingerprint density at radius 2 is 2.00 bits per heavy atom. The molecule has 1 fully saturated rings. The van der Waals surface area contributed by atoms with Crippen molar-refractivity contribution in [3.8, 4) is 5.75 Å². The monoisotopic (exact) mass is 219 g/mol. The van der Waals surface area contributed by atoms with Crippen LogP contribution in [0.15, 0.2) is 24.3 Å². The second-order valence-electron chi connectivity index (χ2n) is 4.66. The van der Waals surface area contributed by atoms with E-state index in [1.807, 2.05) is 12.1 Å². The molecule has 0 radical (unpaired) electrons. The SMILES string of the molecule is CC[C@@H](N)c1ccc(OCCC2CC2)cc1. The van der Waals surface area contributed by atoms with Gasteiger partial charge in [-0.25, -0.2) is 0 Å². The Morgan fingerprint density at radius 3 is 2.56 bits per heavy atom. The summed E-state index contributed by atoms with van der Waals surface area (Å²) in [4.78, 5) is 0. The number of ether oxygens (including phenoxy) is 1. The molecule has 1 saturated carbocycles. The predicted molar refractivity (Wildman–Crippen MR) is 66.5 cm³/mol. The van der Waals surface area contributed by atoms with Crippen LogP contribution >= 0.6 is 0 Å². The van der Waals surface area contributed by atoms with Crippen LogP contribution in [0.1, 0.15) is 44.2 Å². The van der Waals surface area contributed by atoms with E-state index in [2.05, 4.69) is 19.1 Å². The maximum atomic E-state index is 5.95. The summed E-state index contributed by atoms with van der Waals surface area (Å²) < 4.78 is 5.68. The quantitative estimate of drug-likeness (QED) is 0.797. The van der Waals surface area contributed by atoms with Crippen LogP contribution in [0.5, 0.6) is 5.75 Å². The Bertz CT molecular complexity index is 316. The normalized spacial score (nSPS) is 17.1. The summed E-state index contributed by atoms with van der Waals surface area (Å²) in [5.41, 5.74) is 7.14. The van der Waals surface area contributed by atoms with Gasteiger partial charge in [-0.2, -0.15) is 0 Å². The van der Waals surface area contributed by atoms with Crippen molar-refractivity contribution in [3.05, 3.63) is 29.8 Å². The van der Waals surface area contributed by atoms with Crippen LogP contribution < -0.4 is 10.5 Å². The van der Waals surface area contributed by atoms with Gasteiger partial charge < -0.3 is 10.5 Å². The molecular weight excluding hydrogens is 198 g/mol. The van der Waals surface area contributed by atoms with E-state index in [9.17, 15) is 0 Å². The zero-order chi connectivity index (χ0) is 11.4. The Morgan fingerprint density at radius 1 is 1.31 bits per heavy atom. The number of hydrogen-bond acceptors (Lipinski definition) is 2. The molecule has 0 spiro atoms. The Kier molecular flexibility index (Phi) is 3.83. The van der Waals surface area contributed by atoms with Crippen LogP contribution in [-0.2, 0) is 0 Å². The molecule has 1 atom stereocenters. The summed E-state index contributed by atoms with van der Waals surface area (Å²) in [6.45, 7) is 2.95. The van der Waals surface area contributed by atoms with Crippen LogP contribution in [0.3, 0.4) is 0 Å². The third-order valence-corrected chi connectivity index (χ3v) is 3.24. The van der Waals surface area contributed by atoms with E-state index in [0.717, 1.165) is 24.7 Å². The minimum Gasteiger partial charge on any atom is -0.494 e. The molecule has 0 unspecified atom stereocenters. The lowest BCUT2D eigenvalue weighted by Crippen LogP contribution is -2.08. The van der Waals surface area contributed by atoms with E-state index in [1.54, 1.807) is 0 Å². The first kappa shape index (κ1) is 11.5. The molecule has 1 aromatic carbocycles. The van der Waals surface area contributed by atoms with Crippen LogP contribution in [0.4, 0.5) is 0 Å². The van der Waals surface area contributed by atoms with Gasteiger partial charge in [-0.05, 0) is 36.5 Å². The van der Waals surface area contributed by atoms with Gasteiger partial charge in [0.25, 0.3) is 0 Å². The molecule has 0 amide bonds. The molecule has 2 nitrogen and oxygen atoms in total. The topological polar surface area (TPSA) is 35.2 Å². The van der Waals surface area contributed by atoms with E-state index in [1.165, 1.54) is 24.8 Å². The second-order valence-corrected chi connectivity index (χ2v) is 4.66. The second kappa shape index (κ2) is 5.35. The summed E-state index contributed by atoms with van der Waals surface area (Å²) >= 11 is 0. The van der Waals surface area contributed by atoms with Crippen molar-refractivity contribution in [1.29, 1.82) is 0 Å². The largest absolute Gasteiger partial charge is 0.494 e. The fourth-order valence-corrected chi connectivity index (χ4v) is 1.80. The van der Waals surface area contributed by atoms with Gasteiger partial charge in [-0.15, -0.1) is 0 Å². The fourth-order valence-electron chi connectivity index (χ4n) is 1.80. The highest BCUT2D eigenvalue weighted by atomic mass is 16.5. The lowest BCUT2D eigenvalue weighted by molar-refractivity contribution is 0.302. The van der Waals surface area contributed by atoms with Gasteiger partial charge in [0.2, 0.25) is 0 Å². The van der Waals surface area contributed by atoms with Crippen molar-refractivity contribution in [2.24, 2.45) is 11.7 Å². The Labute approximate surface area is 97.8 Å². The molecule has 2 rings (SSSR count). The van der Waals surface area contributed by atoms with Crippen LogP contribution in [0.25, 0.3) is 0 Å². The number of rotatable bonds is 6. The summed E-state index contributed by atoms with van der Waals surface area (Å²) in [5.74, 6) is 1.90. The first-order valence-electron chi connectivity index (χ1n) is 6.28. The maximum absolute atomic E-state index is 5.95. The third kappa shape index (κ3) is 3.24. The highest BCUT2D eigenvalue weighted by Crippen LogP contribution is 2.32. The third-order valence-electron chi connectivity index (χ3n) is 3.24. The summed E-state index contributed by atoms with van der Waals surface area (Å²) in [7, 11) is 0. The molecule has 1 aromatic rings. The van der Waals surface area contributed by atoms with Gasteiger partial charge in [0.15, 0.2) is 0 Å². The smallest absolute Gasteiger partial charge is 0.119 e. The molecular formula is C14H21NO. The lowest BCUT2D eigenvalue weighted by atomic mass is 10.1. The molecule has 0 bridgehead atoms. The van der Waals surface area contributed by atoms with E-state index in [-0.39, 0.29) is 6.04 Å². The molecule has 0 aromatic heterocycles. The van der Waals surface area contributed by atoms with E-state index in [0.29, 0.717) is 0 Å². The number of benzene rings is 1. The highest BCUT2D eigenvalue weighted by molar-refractivity contribution is 5.28. The van der Waals surface area contributed by atoms with Crippen molar-refractivity contribution in [2.45, 2.75) is 38.6 Å². The zero-order valence-corrected chi connectivity index (χ0v) is 9.99. The van der Waals surface area contributed by atoms with Crippen molar-refractivity contribution in [1.82, 2.24) is 0 Å². The van der Waals surface area contributed by atoms with Crippen molar-refractivity contribution >= 4 is 0 Å². The van der Waals surface area contributed by atoms with E-state index in [4.69, 9.17) is 10.5 Å². The van der Waals surface area contributed by atoms with Gasteiger partial charge >= 0.3 is 0 Å². The minimum atomic E-state index is 0.153. The first-order chi connectivity index (χ1) is 7.79. The first-order valence-corrected chi connectivity index (χ1v) is 6.28. The Hall–Kier alpha value is -1.02. The van der Waals surface area contributed by atoms with Crippen LogP contribution in [0, 0.1) is 5.92 Å². The predicted octanol–water partition coefficient (Wildman–Crippen LogP) is 3.28. The number of nitrogens with two attached hydrogens (primary N) is 1. The molecule has 88 valence electrons. The van der Waals surface area contributed by atoms with Gasteiger partial charge in [-0.1, -0.05) is 31.9 Å². The van der Waals surface area contributed by atoms with Crippen molar-refractivity contribution in [3.63, 3.8) is 0 Å². The van der Waals surface area contributed by atoms with Crippen LogP contribution in [0.2, 0.25) is 0 Å². The standard InChI is InChI=1S/C14H21NO/c1-2-14(15)12-5-7-13(8-6-12)16-10-9-11-3-4-11/h5-8,11,14H,2-4,9-10,15H2,1H3/t14-/m1/s1.